The predicted molar refractivity (Wildman–Crippen MR) is 69.7 cm³/mol. The van der Waals surface area contributed by atoms with Crippen LogP contribution in [0.15, 0.2) is 28.7 Å². The third-order valence-corrected chi connectivity index (χ3v) is 3.78. The highest BCUT2D eigenvalue weighted by Crippen LogP contribution is 2.34. The first-order chi connectivity index (χ1) is 8.65. The smallest absolute Gasteiger partial charge is 0.138 e. The second-order valence-corrected chi connectivity index (χ2v) is 5.31. The maximum atomic E-state index is 10.3. The maximum Gasteiger partial charge on any atom is 0.138 e. The van der Waals surface area contributed by atoms with Gasteiger partial charge in [-0.05, 0) is 36.6 Å². The van der Waals surface area contributed by atoms with Crippen LogP contribution >= 0.6 is 11.6 Å². The molecule has 4 heteroatoms. The van der Waals surface area contributed by atoms with Crippen molar-refractivity contribution in [1.29, 1.82) is 0 Å². The Balaban J connectivity index is 1.93. The first-order valence-corrected chi connectivity index (χ1v) is 6.51. The Morgan fingerprint density at radius 2 is 2.22 bits per heavy atom. The van der Waals surface area contributed by atoms with Crippen LogP contribution in [0.2, 0.25) is 5.02 Å². The standard InChI is InChI=1S/C14H15ClO3/c1-8-4-5-17-14(8)13(16)12-7-9-6-10(15)2-3-11(9)18-12/h2-3,6-8,13-14,16H,4-5H2,1H3. The van der Waals surface area contributed by atoms with Gasteiger partial charge < -0.3 is 14.3 Å². The molecule has 2 heterocycles. The Kier molecular flexibility index (Phi) is 3.06. The molecule has 3 atom stereocenters. The fourth-order valence-corrected chi connectivity index (χ4v) is 2.64. The fraction of sp³-hybridized carbons (Fsp3) is 0.429. The lowest BCUT2D eigenvalue weighted by atomic mass is 9.98. The minimum atomic E-state index is -0.714. The summed E-state index contributed by atoms with van der Waals surface area (Å²) in [4.78, 5) is 0. The number of hydrogen-bond acceptors (Lipinski definition) is 3. The SMILES string of the molecule is CC1CCOC1C(O)c1cc2cc(Cl)ccc2o1. The van der Waals surface area contributed by atoms with E-state index in [1.165, 1.54) is 0 Å². The van der Waals surface area contributed by atoms with Crippen molar-refractivity contribution in [2.24, 2.45) is 5.92 Å². The lowest BCUT2D eigenvalue weighted by Crippen LogP contribution is -2.22. The number of benzene rings is 1. The van der Waals surface area contributed by atoms with Gasteiger partial charge in [-0.25, -0.2) is 0 Å². The molecule has 1 N–H and O–H groups in total. The quantitative estimate of drug-likeness (QED) is 0.904. The van der Waals surface area contributed by atoms with E-state index in [4.69, 9.17) is 20.8 Å². The molecule has 3 rings (SSSR count). The summed E-state index contributed by atoms with van der Waals surface area (Å²) >= 11 is 5.93. The summed E-state index contributed by atoms with van der Waals surface area (Å²) in [5, 5.41) is 11.9. The number of ether oxygens (including phenoxy) is 1. The summed E-state index contributed by atoms with van der Waals surface area (Å²) in [5.41, 5.74) is 0.735. The number of halogens is 1. The molecule has 2 aromatic rings. The van der Waals surface area contributed by atoms with E-state index in [-0.39, 0.29) is 6.10 Å². The van der Waals surface area contributed by atoms with E-state index >= 15 is 0 Å². The van der Waals surface area contributed by atoms with Crippen LogP contribution in [0.4, 0.5) is 0 Å². The van der Waals surface area contributed by atoms with Crippen LogP contribution in [0.25, 0.3) is 11.0 Å². The minimum absolute atomic E-state index is 0.180. The van der Waals surface area contributed by atoms with Gasteiger partial charge in [0.15, 0.2) is 0 Å². The third kappa shape index (κ3) is 2.03. The summed E-state index contributed by atoms with van der Waals surface area (Å²) < 4.78 is 11.2. The van der Waals surface area contributed by atoms with Gasteiger partial charge in [0.05, 0.1) is 6.10 Å². The van der Waals surface area contributed by atoms with E-state index < -0.39 is 6.10 Å². The van der Waals surface area contributed by atoms with Gasteiger partial charge in [-0.15, -0.1) is 0 Å². The number of hydrogen-bond donors (Lipinski definition) is 1. The van der Waals surface area contributed by atoms with Gasteiger partial charge in [-0.2, -0.15) is 0 Å². The zero-order valence-corrected chi connectivity index (χ0v) is 10.9. The Morgan fingerprint density at radius 3 is 2.94 bits per heavy atom. The van der Waals surface area contributed by atoms with Gasteiger partial charge >= 0.3 is 0 Å². The molecule has 0 radical (unpaired) electrons. The van der Waals surface area contributed by atoms with Gasteiger partial charge in [0, 0.05) is 17.0 Å². The van der Waals surface area contributed by atoms with Crippen LogP contribution in [0.5, 0.6) is 0 Å². The van der Waals surface area contributed by atoms with Crippen molar-refractivity contribution in [3.8, 4) is 0 Å². The molecule has 96 valence electrons. The summed E-state index contributed by atoms with van der Waals surface area (Å²) in [5.74, 6) is 0.891. The highest BCUT2D eigenvalue weighted by atomic mass is 35.5. The molecule has 1 aromatic carbocycles. The zero-order valence-electron chi connectivity index (χ0n) is 10.1. The molecule has 1 aromatic heterocycles. The van der Waals surface area contributed by atoms with E-state index in [9.17, 15) is 5.11 Å². The minimum Gasteiger partial charge on any atom is -0.458 e. The van der Waals surface area contributed by atoms with Gasteiger partial charge in [-0.3, -0.25) is 0 Å². The fourth-order valence-electron chi connectivity index (χ4n) is 2.46. The van der Waals surface area contributed by atoms with Crippen molar-refractivity contribution in [2.45, 2.75) is 25.6 Å². The van der Waals surface area contributed by atoms with Crippen molar-refractivity contribution in [3.05, 3.63) is 35.0 Å². The molecular formula is C14H15ClO3. The van der Waals surface area contributed by atoms with Crippen molar-refractivity contribution in [2.75, 3.05) is 6.61 Å². The monoisotopic (exact) mass is 266 g/mol. The summed E-state index contributed by atoms with van der Waals surface area (Å²) in [7, 11) is 0. The zero-order chi connectivity index (χ0) is 12.7. The molecule has 1 saturated heterocycles. The maximum absolute atomic E-state index is 10.3. The van der Waals surface area contributed by atoms with E-state index in [1.54, 1.807) is 6.07 Å². The summed E-state index contributed by atoms with van der Waals surface area (Å²) in [6, 6.07) is 7.25. The van der Waals surface area contributed by atoms with Crippen molar-refractivity contribution in [3.63, 3.8) is 0 Å². The Labute approximate surface area is 110 Å². The molecule has 0 saturated carbocycles. The van der Waals surface area contributed by atoms with Crippen LogP contribution < -0.4 is 0 Å². The number of aliphatic hydroxyl groups is 1. The Morgan fingerprint density at radius 1 is 1.39 bits per heavy atom. The number of rotatable bonds is 2. The van der Waals surface area contributed by atoms with Crippen LogP contribution in [0.1, 0.15) is 25.2 Å². The van der Waals surface area contributed by atoms with Gasteiger partial charge in [0.25, 0.3) is 0 Å². The van der Waals surface area contributed by atoms with Crippen LogP contribution in [-0.2, 0) is 4.74 Å². The summed E-state index contributed by atoms with van der Waals surface area (Å²) in [6.07, 6.45) is 0.0862. The number of fused-ring (bicyclic) bond motifs is 1. The van der Waals surface area contributed by atoms with E-state index in [0.29, 0.717) is 23.3 Å². The molecule has 0 spiro atoms. The van der Waals surface area contributed by atoms with E-state index in [1.807, 2.05) is 18.2 Å². The first kappa shape index (κ1) is 12.0. The molecule has 3 unspecified atom stereocenters. The topological polar surface area (TPSA) is 42.6 Å². The van der Waals surface area contributed by atoms with E-state index in [2.05, 4.69) is 6.92 Å². The largest absolute Gasteiger partial charge is 0.458 e. The lowest BCUT2D eigenvalue weighted by molar-refractivity contribution is -0.0270. The number of furan rings is 1. The average Bonchev–Trinajstić information content (AvgIpc) is 2.93. The second kappa shape index (κ2) is 4.57. The predicted octanol–water partition coefficient (Wildman–Crippen LogP) is 3.54. The van der Waals surface area contributed by atoms with Crippen LogP contribution in [0, 0.1) is 5.92 Å². The van der Waals surface area contributed by atoms with Crippen LogP contribution in [0.3, 0.4) is 0 Å². The van der Waals surface area contributed by atoms with Gasteiger partial charge in [-0.1, -0.05) is 18.5 Å². The molecule has 1 aliphatic heterocycles. The second-order valence-electron chi connectivity index (χ2n) is 4.88. The molecule has 1 fully saturated rings. The lowest BCUT2D eigenvalue weighted by Gasteiger charge is -2.19. The number of aliphatic hydroxyl groups excluding tert-OH is 1. The van der Waals surface area contributed by atoms with Crippen molar-refractivity contribution >= 4 is 22.6 Å². The molecule has 1 aliphatic rings. The average molecular weight is 267 g/mol. The van der Waals surface area contributed by atoms with Gasteiger partial charge in [0.2, 0.25) is 0 Å². The van der Waals surface area contributed by atoms with Gasteiger partial charge in [0.1, 0.15) is 17.4 Å². The van der Waals surface area contributed by atoms with Crippen molar-refractivity contribution in [1.82, 2.24) is 0 Å². The van der Waals surface area contributed by atoms with Crippen molar-refractivity contribution < 1.29 is 14.3 Å². The normalized spacial score (nSPS) is 25.7. The molecule has 0 bridgehead atoms. The molecule has 0 aliphatic carbocycles. The third-order valence-electron chi connectivity index (χ3n) is 3.54. The Hall–Kier alpha value is -1.03. The highest BCUT2D eigenvalue weighted by molar-refractivity contribution is 6.31. The molecule has 0 amide bonds. The Bertz CT molecular complexity index is 563. The van der Waals surface area contributed by atoms with E-state index in [0.717, 1.165) is 17.4 Å². The summed E-state index contributed by atoms with van der Waals surface area (Å²) in [6.45, 7) is 2.79. The first-order valence-electron chi connectivity index (χ1n) is 6.14. The van der Waals surface area contributed by atoms with Crippen LogP contribution in [-0.4, -0.2) is 17.8 Å². The molecular weight excluding hydrogens is 252 g/mol. The molecule has 18 heavy (non-hydrogen) atoms. The highest BCUT2D eigenvalue weighted by Gasteiger charge is 2.33. The molecule has 3 nitrogen and oxygen atoms in total.